The minimum atomic E-state index is -0.319. The van der Waals surface area contributed by atoms with Crippen LogP contribution in [-0.4, -0.2) is 35.2 Å². The zero-order chi connectivity index (χ0) is 10.7. The van der Waals surface area contributed by atoms with Crippen molar-refractivity contribution in [1.82, 2.24) is 4.90 Å². The van der Waals surface area contributed by atoms with Gasteiger partial charge in [-0.2, -0.15) is 0 Å². The number of hydrogen-bond acceptors (Lipinski definition) is 2. The van der Waals surface area contributed by atoms with Crippen LogP contribution in [0.3, 0.4) is 0 Å². The van der Waals surface area contributed by atoms with E-state index < -0.39 is 0 Å². The van der Waals surface area contributed by atoms with E-state index in [-0.39, 0.29) is 5.60 Å². The molecule has 0 aromatic carbocycles. The first-order chi connectivity index (χ1) is 7.24. The van der Waals surface area contributed by atoms with E-state index in [1.165, 1.54) is 38.6 Å². The molecule has 2 aliphatic rings. The zero-order valence-electron chi connectivity index (χ0n) is 10.0. The van der Waals surface area contributed by atoms with Crippen LogP contribution >= 0.6 is 0 Å². The van der Waals surface area contributed by atoms with Crippen LogP contribution in [-0.2, 0) is 0 Å². The second kappa shape index (κ2) is 4.84. The van der Waals surface area contributed by atoms with E-state index in [1.807, 2.05) is 0 Å². The summed E-state index contributed by atoms with van der Waals surface area (Å²) in [5.74, 6) is 0.606. The van der Waals surface area contributed by atoms with E-state index in [4.69, 9.17) is 0 Å². The van der Waals surface area contributed by atoms with Crippen LogP contribution in [0.25, 0.3) is 0 Å². The van der Waals surface area contributed by atoms with Gasteiger partial charge in [0.25, 0.3) is 0 Å². The Labute approximate surface area is 93.7 Å². The molecule has 0 bridgehead atoms. The summed E-state index contributed by atoms with van der Waals surface area (Å²) in [5.41, 5.74) is -0.319. The van der Waals surface area contributed by atoms with Crippen molar-refractivity contribution in [3.63, 3.8) is 0 Å². The largest absolute Gasteiger partial charge is 0.390 e. The highest BCUT2D eigenvalue weighted by Crippen LogP contribution is 2.39. The summed E-state index contributed by atoms with van der Waals surface area (Å²) in [6.07, 6.45) is 8.43. The molecule has 15 heavy (non-hydrogen) atoms. The maximum Gasteiger partial charge on any atom is 0.0688 e. The third kappa shape index (κ3) is 2.54. The highest BCUT2D eigenvalue weighted by molar-refractivity contribution is 4.91. The molecule has 2 fully saturated rings. The smallest absolute Gasteiger partial charge is 0.0688 e. The van der Waals surface area contributed by atoms with Crippen molar-refractivity contribution in [3.05, 3.63) is 0 Å². The van der Waals surface area contributed by atoms with Gasteiger partial charge in [0.1, 0.15) is 0 Å². The van der Waals surface area contributed by atoms with Crippen LogP contribution < -0.4 is 0 Å². The predicted octanol–water partition coefficient (Wildman–Crippen LogP) is 2.41. The van der Waals surface area contributed by atoms with Gasteiger partial charge in [-0.25, -0.2) is 0 Å². The van der Waals surface area contributed by atoms with Gasteiger partial charge in [-0.15, -0.1) is 0 Å². The van der Waals surface area contributed by atoms with E-state index in [0.29, 0.717) is 5.92 Å². The van der Waals surface area contributed by atoms with Crippen molar-refractivity contribution in [2.75, 3.05) is 19.6 Å². The van der Waals surface area contributed by atoms with E-state index in [1.54, 1.807) is 0 Å². The zero-order valence-corrected chi connectivity index (χ0v) is 10.0. The Kier molecular flexibility index (Phi) is 3.68. The van der Waals surface area contributed by atoms with E-state index in [9.17, 15) is 5.11 Å². The normalized spacial score (nSPS) is 35.6. The standard InChI is InChI=1S/C13H25NO/c1-2-14-10-5-8-13(15,9-11-14)12-6-3-4-7-12/h12,15H,2-11H2,1H3. The highest BCUT2D eigenvalue weighted by atomic mass is 16.3. The van der Waals surface area contributed by atoms with Gasteiger partial charge in [0.05, 0.1) is 5.60 Å². The van der Waals surface area contributed by atoms with E-state index in [2.05, 4.69) is 11.8 Å². The molecular weight excluding hydrogens is 186 g/mol. The van der Waals surface area contributed by atoms with Gasteiger partial charge >= 0.3 is 0 Å². The molecule has 0 amide bonds. The molecule has 2 heteroatoms. The minimum Gasteiger partial charge on any atom is -0.390 e. The summed E-state index contributed by atoms with van der Waals surface area (Å²) >= 11 is 0. The molecule has 1 N–H and O–H groups in total. The average Bonchev–Trinajstić information content (AvgIpc) is 2.71. The lowest BCUT2D eigenvalue weighted by atomic mass is 9.80. The summed E-state index contributed by atoms with van der Waals surface area (Å²) in [5, 5.41) is 10.7. The molecule has 1 heterocycles. The van der Waals surface area contributed by atoms with E-state index >= 15 is 0 Å². The molecular formula is C13H25NO. The van der Waals surface area contributed by atoms with Gasteiger partial charge in [-0.1, -0.05) is 19.8 Å². The fourth-order valence-electron chi connectivity index (χ4n) is 3.38. The van der Waals surface area contributed by atoms with Crippen LogP contribution in [0.15, 0.2) is 0 Å². The third-order valence-corrected chi connectivity index (χ3v) is 4.51. The lowest BCUT2D eigenvalue weighted by Crippen LogP contribution is -2.37. The summed E-state index contributed by atoms with van der Waals surface area (Å²) in [4.78, 5) is 2.48. The van der Waals surface area contributed by atoms with Gasteiger partial charge in [0.15, 0.2) is 0 Å². The fourth-order valence-corrected chi connectivity index (χ4v) is 3.38. The molecule has 2 rings (SSSR count). The van der Waals surface area contributed by atoms with Gasteiger partial charge < -0.3 is 10.0 Å². The van der Waals surface area contributed by atoms with Crippen LogP contribution in [0.4, 0.5) is 0 Å². The molecule has 88 valence electrons. The van der Waals surface area contributed by atoms with Crippen LogP contribution in [0.1, 0.15) is 51.9 Å². The summed E-state index contributed by atoms with van der Waals surface area (Å²) < 4.78 is 0. The lowest BCUT2D eigenvalue weighted by molar-refractivity contribution is -0.0288. The van der Waals surface area contributed by atoms with Gasteiger partial charge in [-0.3, -0.25) is 0 Å². The Hall–Kier alpha value is -0.0800. The minimum absolute atomic E-state index is 0.319. The van der Waals surface area contributed by atoms with Crippen molar-refractivity contribution < 1.29 is 5.11 Å². The maximum absolute atomic E-state index is 10.7. The molecule has 0 spiro atoms. The number of hydrogen-bond donors (Lipinski definition) is 1. The molecule has 1 saturated heterocycles. The molecule has 2 nitrogen and oxygen atoms in total. The highest BCUT2D eigenvalue weighted by Gasteiger charge is 2.38. The van der Waals surface area contributed by atoms with Crippen molar-refractivity contribution >= 4 is 0 Å². The summed E-state index contributed by atoms with van der Waals surface area (Å²) in [6.45, 7) is 5.65. The molecule has 1 atom stereocenters. The molecule has 1 saturated carbocycles. The molecule has 0 aromatic rings. The monoisotopic (exact) mass is 211 g/mol. The fraction of sp³-hybridized carbons (Fsp3) is 1.00. The Bertz CT molecular complexity index is 201. The van der Waals surface area contributed by atoms with Gasteiger partial charge in [-0.05, 0) is 51.1 Å². The predicted molar refractivity (Wildman–Crippen MR) is 62.9 cm³/mol. The second-order valence-corrected chi connectivity index (χ2v) is 5.37. The first kappa shape index (κ1) is 11.4. The van der Waals surface area contributed by atoms with Crippen LogP contribution in [0.2, 0.25) is 0 Å². The first-order valence-electron chi connectivity index (χ1n) is 6.69. The molecule has 0 radical (unpaired) electrons. The Balaban J connectivity index is 1.95. The van der Waals surface area contributed by atoms with Crippen molar-refractivity contribution in [1.29, 1.82) is 0 Å². The van der Waals surface area contributed by atoms with Crippen molar-refractivity contribution in [2.45, 2.75) is 57.5 Å². The molecule has 1 unspecified atom stereocenters. The topological polar surface area (TPSA) is 23.5 Å². The van der Waals surface area contributed by atoms with Crippen molar-refractivity contribution in [3.8, 4) is 0 Å². The average molecular weight is 211 g/mol. The number of nitrogens with zero attached hydrogens (tertiary/aromatic N) is 1. The van der Waals surface area contributed by atoms with Crippen LogP contribution in [0, 0.1) is 5.92 Å². The first-order valence-corrected chi connectivity index (χ1v) is 6.69. The molecule has 1 aliphatic carbocycles. The Morgan fingerprint density at radius 1 is 1.13 bits per heavy atom. The van der Waals surface area contributed by atoms with Gasteiger partial charge in [0, 0.05) is 6.54 Å². The third-order valence-electron chi connectivity index (χ3n) is 4.51. The quantitative estimate of drug-likeness (QED) is 0.758. The summed E-state index contributed by atoms with van der Waals surface area (Å²) in [6, 6.07) is 0. The maximum atomic E-state index is 10.7. The van der Waals surface area contributed by atoms with Gasteiger partial charge in [0.2, 0.25) is 0 Å². The van der Waals surface area contributed by atoms with Crippen molar-refractivity contribution in [2.24, 2.45) is 5.92 Å². The Morgan fingerprint density at radius 3 is 2.53 bits per heavy atom. The summed E-state index contributed by atoms with van der Waals surface area (Å²) in [7, 11) is 0. The number of likely N-dealkylation sites (tertiary alicyclic amines) is 1. The SMILES string of the molecule is CCN1CCCC(O)(C2CCCC2)CC1. The molecule has 0 aromatic heterocycles. The van der Waals surface area contributed by atoms with E-state index in [0.717, 1.165) is 25.9 Å². The second-order valence-electron chi connectivity index (χ2n) is 5.37. The lowest BCUT2D eigenvalue weighted by Gasteiger charge is -2.33. The number of rotatable bonds is 2. The van der Waals surface area contributed by atoms with Crippen LogP contribution in [0.5, 0.6) is 0 Å². The Morgan fingerprint density at radius 2 is 1.87 bits per heavy atom. The molecule has 1 aliphatic heterocycles. The number of aliphatic hydroxyl groups is 1.